The van der Waals surface area contributed by atoms with Crippen LogP contribution in [0.2, 0.25) is 0 Å². The molecule has 0 saturated heterocycles. The topological polar surface area (TPSA) is 106 Å². The van der Waals surface area contributed by atoms with Crippen molar-refractivity contribution in [2.24, 2.45) is 19.2 Å². The summed E-state index contributed by atoms with van der Waals surface area (Å²) in [7, 11) is 3.02. The molecule has 9 nitrogen and oxygen atoms in total. The van der Waals surface area contributed by atoms with E-state index in [1.807, 2.05) is 6.92 Å². The molecule has 0 saturated carbocycles. The molecule has 2 N–H and O–H groups in total. The molecule has 9 heteroatoms. The van der Waals surface area contributed by atoms with E-state index in [2.05, 4.69) is 15.5 Å². The first-order valence-electron chi connectivity index (χ1n) is 8.18. The second-order valence-corrected chi connectivity index (χ2v) is 5.93. The molecular weight excluding hydrogens is 336 g/mol. The Labute approximate surface area is 148 Å². The molecule has 0 atom stereocenters. The van der Waals surface area contributed by atoms with E-state index in [0.717, 1.165) is 11.0 Å². The highest BCUT2D eigenvalue weighted by Crippen LogP contribution is 2.16. The zero-order chi connectivity index (χ0) is 18.8. The lowest BCUT2D eigenvalue weighted by atomic mass is 10.2. The number of hydrogen-bond donors (Lipinski definition) is 2. The second kappa shape index (κ2) is 6.87. The minimum atomic E-state index is -0.432. The Morgan fingerprint density at radius 1 is 1.27 bits per heavy atom. The van der Waals surface area contributed by atoms with Crippen molar-refractivity contribution in [2.75, 3.05) is 5.43 Å². The lowest BCUT2D eigenvalue weighted by Crippen LogP contribution is -2.37. The van der Waals surface area contributed by atoms with Crippen LogP contribution in [0.1, 0.15) is 18.9 Å². The van der Waals surface area contributed by atoms with E-state index in [1.165, 1.54) is 17.8 Å². The summed E-state index contributed by atoms with van der Waals surface area (Å²) in [5, 5.41) is 13.6. The van der Waals surface area contributed by atoms with E-state index in [1.54, 1.807) is 35.9 Å². The van der Waals surface area contributed by atoms with Crippen molar-refractivity contribution < 1.29 is 5.11 Å². The average molecular weight is 356 g/mol. The van der Waals surface area contributed by atoms with Crippen LogP contribution in [0.3, 0.4) is 0 Å². The van der Waals surface area contributed by atoms with E-state index < -0.39 is 11.2 Å². The molecule has 0 spiro atoms. The Morgan fingerprint density at radius 2 is 2.04 bits per heavy atom. The number of hydrazone groups is 1. The molecule has 26 heavy (non-hydrogen) atoms. The summed E-state index contributed by atoms with van der Waals surface area (Å²) in [5.41, 5.74) is 3.37. The highest BCUT2D eigenvalue weighted by atomic mass is 16.3. The molecule has 0 fully saturated rings. The third-order valence-corrected chi connectivity index (χ3v) is 4.04. The van der Waals surface area contributed by atoms with Crippen LogP contribution in [0.5, 0.6) is 5.75 Å². The van der Waals surface area contributed by atoms with Gasteiger partial charge >= 0.3 is 5.69 Å². The quantitative estimate of drug-likeness (QED) is 0.524. The molecule has 0 unspecified atom stereocenters. The third kappa shape index (κ3) is 2.99. The summed E-state index contributed by atoms with van der Waals surface area (Å²) in [6.45, 7) is 2.53. The summed E-state index contributed by atoms with van der Waals surface area (Å²) in [6.07, 6.45) is 2.31. The first-order chi connectivity index (χ1) is 12.4. The summed E-state index contributed by atoms with van der Waals surface area (Å²) in [6, 6.07) is 6.64. The molecular formula is C17H20N6O3. The highest BCUT2D eigenvalue weighted by Gasteiger charge is 2.18. The predicted molar refractivity (Wildman–Crippen MR) is 99.8 cm³/mol. The van der Waals surface area contributed by atoms with Crippen molar-refractivity contribution in [2.45, 2.75) is 19.9 Å². The fourth-order valence-corrected chi connectivity index (χ4v) is 2.74. The van der Waals surface area contributed by atoms with Crippen LogP contribution >= 0.6 is 0 Å². The van der Waals surface area contributed by atoms with Crippen molar-refractivity contribution >= 4 is 23.3 Å². The number of aromatic nitrogens is 4. The third-order valence-electron chi connectivity index (χ3n) is 4.04. The summed E-state index contributed by atoms with van der Waals surface area (Å²) in [5.74, 6) is 0.516. The van der Waals surface area contributed by atoms with Crippen LogP contribution in [0, 0.1) is 0 Å². The van der Waals surface area contributed by atoms with Crippen molar-refractivity contribution in [3.8, 4) is 5.75 Å². The van der Waals surface area contributed by atoms with Crippen LogP contribution in [0.25, 0.3) is 11.2 Å². The van der Waals surface area contributed by atoms with E-state index in [4.69, 9.17) is 0 Å². The largest absolute Gasteiger partial charge is 0.508 e. The predicted octanol–water partition coefficient (Wildman–Crippen LogP) is 0.995. The van der Waals surface area contributed by atoms with Gasteiger partial charge in [-0.05, 0) is 24.1 Å². The molecule has 2 heterocycles. The Kier molecular flexibility index (Phi) is 4.61. The van der Waals surface area contributed by atoms with Gasteiger partial charge in [-0.25, -0.2) is 10.2 Å². The number of nitrogens with one attached hydrogen (secondary N) is 1. The number of aromatic hydroxyl groups is 1. The molecule has 0 aliphatic carbocycles. The normalized spacial score (nSPS) is 11.5. The van der Waals surface area contributed by atoms with Gasteiger partial charge in [-0.15, -0.1) is 0 Å². The minimum Gasteiger partial charge on any atom is -0.508 e. The summed E-state index contributed by atoms with van der Waals surface area (Å²) >= 11 is 0. The molecule has 0 aliphatic heterocycles. The maximum atomic E-state index is 12.5. The number of benzene rings is 1. The van der Waals surface area contributed by atoms with Gasteiger partial charge in [-0.3, -0.25) is 13.9 Å². The highest BCUT2D eigenvalue weighted by molar-refractivity contribution is 5.81. The number of nitrogens with zero attached hydrogens (tertiary/aromatic N) is 5. The second-order valence-electron chi connectivity index (χ2n) is 5.93. The minimum absolute atomic E-state index is 0.144. The summed E-state index contributed by atoms with van der Waals surface area (Å²) < 4.78 is 4.12. The smallest absolute Gasteiger partial charge is 0.332 e. The molecule has 3 rings (SSSR count). The van der Waals surface area contributed by atoms with Gasteiger partial charge in [0.05, 0.1) is 6.21 Å². The Bertz CT molecular complexity index is 1110. The zero-order valence-electron chi connectivity index (χ0n) is 14.8. The van der Waals surface area contributed by atoms with Crippen LogP contribution < -0.4 is 16.7 Å². The molecule has 0 radical (unpaired) electrons. The fraction of sp³-hybridized carbons (Fsp3) is 0.294. The van der Waals surface area contributed by atoms with Crippen molar-refractivity contribution in [3.63, 3.8) is 0 Å². The molecule has 0 aliphatic rings. The van der Waals surface area contributed by atoms with E-state index in [-0.39, 0.29) is 5.75 Å². The van der Waals surface area contributed by atoms with Crippen LogP contribution in [-0.4, -0.2) is 30.0 Å². The lowest BCUT2D eigenvalue weighted by molar-refractivity contribution is 0.475. The van der Waals surface area contributed by atoms with Gasteiger partial charge in [0, 0.05) is 20.6 Å². The number of imidazole rings is 1. The van der Waals surface area contributed by atoms with Crippen LogP contribution in [-0.2, 0) is 20.6 Å². The average Bonchev–Trinajstić information content (AvgIpc) is 2.97. The number of anilines is 1. The molecule has 2 aromatic heterocycles. The first-order valence-corrected chi connectivity index (χ1v) is 8.18. The number of phenolic OH excluding ortho intramolecular Hbond substituents is 1. The van der Waals surface area contributed by atoms with Crippen LogP contribution in [0.4, 0.5) is 5.95 Å². The van der Waals surface area contributed by atoms with E-state index in [9.17, 15) is 14.7 Å². The van der Waals surface area contributed by atoms with Crippen molar-refractivity contribution in [1.29, 1.82) is 0 Å². The fourth-order valence-electron chi connectivity index (χ4n) is 2.74. The van der Waals surface area contributed by atoms with Gasteiger partial charge in [0.15, 0.2) is 11.2 Å². The Hall–Kier alpha value is -3.36. The molecule has 136 valence electrons. The first kappa shape index (κ1) is 17.5. The van der Waals surface area contributed by atoms with Gasteiger partial charge in [-0.1, -0.05) is 19.1 Å². The molecule has 0 bridgehead atoms. The van der Waals surface area contributed by atoms with Crippen molar-refractivity contribution in [1.82, 2.24) is 18.7 Å². The SMILES string of the molecule is CCCn1c(NN=Cc2cccc(O)c2)nc2c1c(=O)n(C)c(=O)n2C. The maximum Gasteiger partial charge on any atom is 0.332 e. The standard InChI is InChI=1S/C17H20N6O3/c1-4-8-23-13-14(21(2)17(26)22(3)15(13)25)19-16(23)20-18-10-11-6-5-7-12(24)9-11/h5-7,9-10,24H,4,8H2,1-3H3,(H,19,20). The van der Waals surface area contributed by atoms with Crippen LogP contribution in [0.15, 0.2) is 39.0 Å². The number of fused-ring (bicyclic) bond motifs is 1. The van der Waals surface area contributed by atoms with E-state index in [0.29, 0.717) is 29.2 Å². The van der Waals surface area contributed by atoms with Gasteiger partial charge in [0.25, 0.3) is 5.56 Å². The number of rotatable bonds is 5. The Morgan fingerprint density at radius 3 is 2.73 bits per heavy atom. The zero-order valence-corrected chi connectivity index (χ0v) is 14.8. The van der Waals surface area contributed by atoms with Crippen molar-refractivity contribution in [3.05, 3.63) is 50.7 Å². The lowest BCUT2D eigenvalue weighted by Gasteiger charge is -2.07. The van der Waals surface area contributed by atoms with E-state index >= 15 is 0 Å². The monoisotopic (exact) mass is 356 g/mol. The molecule has 1 aromatic carbocycles. The number of phenols is 1. The summed E-state index contributed by atoms with van der Waals surface area (Å²) in [4.78, 5) is 29.0. The molecule has 0 amide bonds. The van der Waals surface area contributed by atoms with Gasteiger partial charge in [-0.2, -0.15) is 10.1 Å². The Balaban J connectivity index is 2.07. The number of aryl methyl sites for hydroxylation is 2. The van der Waals surface area contributed by atoms with Gasteiger partial charge < -0.3 is 9.67 Å². The molecule has 3 aromatic rings. The van der Waals surface area contributed by atoms with Gasteiger partial charge in [0.2, 0.25) is 5.95 Å². The maximum absolute atomic E-state index is 12.5. The number of hydrogen-bond acceptors (Lipinski definition) is 6. The van der Waals surface area contributed by atoms with Gasteiger partial charge in [0.1, 0.15) is 5.75 Å².